The Morgan fingerprint density at radius 3 is 2.85 bits per heavy atom. The molecule has 1 unspecified atom stereocenters. The lowest BCUT2D eigenvalue weighted by Gasteiger charge is -2.18. The summed E-state index contributed by atoms with van der Waals surface area (Å²) in [6.07, 6.45) is 2.84. The first-order valence-corrected chi connectivity index (χ1v) is 7.64. The Hall–Kier alpha value is -1.06. The molecule has 1 saturated heterocycles. The number of Topliss-reactive ketones (excluding diaryl/α,β-unsaturated/α-hetero) is 1. The Balaban J connectivity index is 2.42. The highest BCUT2D eigenvalue weighted by molar-refractivity contribution is 6.32. The second kappa shape index (κ2) is 6.59. The van der Waals surface area contributed by atoms with Gasteiger partial charge in [0.2, 0.25) is 0 Å². The lowest BCUT2D eigenvalue weighted by molar-refractivity contribution is 0.0947. The Kier molecular flexibility index (Phi) is 5.06. The van der Waals surface area contributed by atoms with Crippen LogP contribution in [0, 0.1) is 13.8 Å². The number of halogens is 1. The molecule has 1 aromatic carbocycles. The fraction of sp³-hybridized carbons (Fsp3) is 0.562. The second-order valence-electron chi connectivity index (χ2n) is 5.37. The van der Waals surface area contributed by atoms with Gasteiger partial charge in [-0.3, -0.25) is 4.79 Å². The molecule has 0 saturated carbocycles. The van der Waals surface area contributed by atoms with Crippen LogP contribution in [0.15, 0.2) is 6.07 Å². The number of nitrogens with one attached hydrogen (secondary N) is 1. The van der Waals surface area contributed by atoms with E-state index >= 15 is 0 Å². The molecule has 3 nitrogen and oxygen atoms in total. The first kappa shape index (κ1) is 15.3. The predicted octanol–water partition coefficient (Wildman–Crippen LogP) is 3.68. The molecule has 1 aliphatic rings. The summed E-state index contributed by atoms with van der Waals surface area (Å²) >= 11 is 6.31. The Morgan fingerprint density at radius 2 is 2.25 bits per heavy atom. The molecule has 1 atom stereocenters. The van der Waals surface area contributed by atoms with Crippen molar-refractivity contribution in [3.8, 4) is 5.75 Å². The van der Waals surface area contributed by atoms with Crippen LogP contribution < -0.4 is 10.1 Å². The third-order valence-corrected chi connectivity index (χ3v) is 4.31. The number of carbonyl (C=O) groups excluding carboxylic acids is 1. The summed E-state index contributed by atoms with van der Waals surface area (Å²) in [7, 11) is 0. The van der Waals surface area contributed by atoms with Crippen molar-refractivity contribution in [2.24, 2.45) is 0 Å². The van der Waals surface area contributed by atoms with Gasteiger partial charge in [-0.15, -0.1) is 0 Å². The van der Waals surface area contributed by atoms with E-state index in [2.05, 4.69) is 12.2 Å². The van der Waals surface area contributed by atoms with Gasteiger partial charge < -0.3 is 10.1 Å². The number of ketones is 1. The first-order chi connectivity index (χ1) is 9.56. The summed E-state index contributed by atoms with van der Waals surface area (Å²) in [5.41, 5.74) is 2.43. The maximum Gasteiger partial charge on any atom is 0.183 e. The molecule has 0 spiro atoms. The van der Waals surface area contributed by atoms with E-state index in [4.69, 9.17) is 16.3 Å². The molecule has 1 heterocycles. The number of rotatable bonds is 5. The van der Waals surface area contributed by atoms with Crippen molar-refractivity contribution in [2.75, 3.05) is 13.2 Å². The molecular weight excluding hydrogens is 274 g/mol. The summed E-state index contributed by atoms with van der Waals surface area (Å²) < 4.78 is 5.78. The first-order valence-electron chi connectivity index (χ1n) is 7.26. The van der Waals surface area contributed by atoms with E-state index in [1.165, 1.54) is 0 Å². The largest absolute Gasteiger partial charge is 0.493 e. The zero-order chi connectivity index (χ0) is 14.7. The molecule has 110 valence electrons. The lowest BCUT2D eigenvalue weighted by atomic mass is 9.95. The number of ether oxygens (including phenoxy) is 1. The molecule has 0 aliphatic carbocycles. The van der Waals surface area contributed by atoms with Crippen LogP contribution in [-0.4, -0.2) is 25.0 Å². The Labute approximate surface area is 125 Å². The lowest BCUT2D eigenvalue weighted by Crippen LogP contribution is -2.31. The molecule has 4 heteroatoms. The molecule has 1 aromatic rings. The number of benzene rings is 1. The summed E-state index contributed by atoms with van der Waals surface area (Å²) in [6.45, 7) is 7.40. The summed E-state index contributed by atoms with van der Waals surface area (Å²) in [6, 6.07) is 1.78. The van der Waals surface area contributed by atoms with Crippen molar-refractivity contribution in [3.63, 3.8) is 0 Å². The molecule has 1 aliphatic heterocycles. The molecule has 1 fully saturated rings. The van der Waals surface area contributed by atoms with Crippen molar-refractivity contribution in [1.82, 2.24) is 5.32 Å². The van der Waals surface area contributed by atoms with Crippen molar-refractivity contribution in [1.29, 1.82) is 0 Å². The minimum absolute atomic E-state index is 0.101. The van der Waals surface area contributed by atoms with Gasteiger partial charge in [-0.2, -0.15) is 0 Å². The molecule has 1 N–H and O–H groups in total. The van der Waals surface area contributed by atoms with E-state index in [0.29, 0.717) is 22.9 Å². The maximum atomic E-state index is 12.7. The predicted molar refractivity (Wildman–Crippen MR) is 82.1 cm³/mol. The van der Waals surface area contributed by atoms with Gasteiger partial charge in [0.25, 0.3) is 0 Å². The van der Waals surface area contributed by atoms with Crippen LogP contribution in [0.2, 0.25) is 5.02 Å². The number of aryl methyl sites for hydroxylation is 1. The van der Waals surface area contributed by atoms with E-state index < -0.39 is 0 Å². The van der Waals surface area contributed by atoms with Gasteiger partial charge in [0, 0.05) is 5.02 Å². The van der Waals surface area contributed by atoms with Gasteiger partial charge in [-0.25, -0.2) is 0 Å². The van der Waals surface area contributed by atoms with Crippen LogP contribution in [0.1, 0.15) is 47.7 Å². The third kappa shape index (κ3) is 2.99. The zero-order valence-electron chi connectivity index (χ0n) is 12.4. The van der Waals surface area contributed by atoms with Crippen molar-refractivity contribution in [3.05, 3.63) is 27.8 Å². The normalized spacial score (nSPS) is 18.3. The molecular formula is C16H22ClNO2. The van der Waals surface area contributed by atoms with Crippen molar-refractivity contribution in [2.45, 2.75) is 46.1 Å². The van der Waals surface area contributed by atoms with Crippen LogP contribution in [-0.2, 0) is 0 Å². The quantitative estimate of drug-likeness (QED) is 0.842. The third-order valence-electron chi connectivity index (χ3n) is 3.73. The topological polar surface area (TPSA) is 38.3 Å². The average Bonchev–Trinajstić information content (AvgIpc) is 2.96. The molecule has 0 bridgehead atoms. The summed E-state index contributed by atoms with van der Waals surface area (Å²) in [4.78, 5) is 12.7. The highest BCUT2D eigenvalue weighted by atomic mass is 35.5. The smallest absolute Gasteiger partial charge is 0.183 e. The molecule has 20 heavy (non-hydrogen) atoms. The van der Waals surface area contributed by atoms with Crippen molar-refractivity contribution < 1.29 is 9.53 Å². The Morgan fingerprint density at radius 1 is 1.50 bits per heavy atom. The fourth-order valence-electron chi connectivity index (χ4n) is 2.64. The second-order valence-corrected chi connectivity index (χ2v) is 5.75. The van der Waals surface area contributed by atoms with E-state index in [-0.39, 0.29) is 11.8 Å². The van der Waals surface area contributed by atoms with Crippen LogP contribution in [0.5, 0.6) is 5.75 Å². The SMILES string of the molecule is CCCOc1cc(C)c(Cl)c(C)c1C(=O)C1CCCN1. The van der Waals surface area contributed by atoms with Crippen molar-refractivity contribution >= 4 is 17.4 Å². The highest BCUT2D eigenvalue weighted by Crippen LogP contribution is 2.33. The molecule has 0 radical (unpaired) electrons. The Bertz CT molecular complexity index is 508. The zero-order valence-corrected chi connectivity index (χ0v) is 13.1. The number of carbonyl (C=O) groups is 1. The van der Waals surface area contributed by atoms with E-state index in [0.717, 1.165) is 36.9 Å². The fourth-order valence-corrected chi connectivity index (χ4v) is 2.79. The molecule has 2 rings (SSSR count). The van der Waals surface area contributed by atoms with Crippen LogP contribution in [0.25, 0.3) is 0 Å². The van der Waals surface area contributed by atoms with Gasteiger partial charge in [0.05, 0.1) is 18.2 Å². The van der Waals surface area contributed by atoms with Gasteiger partial charge in [0.1, 0.15) is 5.75 Å². The van der Waals surface area contributed by atoms with Gasteiger partial charge in [-0.1, -0.05) is 18.5 Å². The number of hydrogen-bond acceptors (Lipinski definition) is 3. The maximum absolute atomic E-state index is 12.7. The standard InChI is InChI=1S/C16H22ClNO2/c1-4-8-20-13-9-10(2)15(17)11(3)14(13)16(19)12-6-5-7-18-12/h9,12,18H,4-8H2,1-3H3. The van der Waals surface area contributed by atoms with E-state index in [1.807, 2.05) is 19.9 Å². The average molecular weight is 296 g/mol. The molecule has 0 amide bonds. The minimum Gasteiger partial charge on any atom is -0.493 e. The monoisotopic (exact) mass is 295 g/mol. The summed E-state index contributed by atoms with van der Waals surface area (Å²) in [5, 5.41) is 3.91. The van der Waals surface area contributed by atoms with Gasteiger partial charge in [0.15, 0.2) is 5.78 Å². The van der Waals surface area contributed by atoms with E-state index in [9.17, 15) is 4.79 Å². The highest BCUT2D eigenvalue weighted by Gasteiger charge is 2.28. The van der Waals surface area contributed by atoms with Gasteiger partial charge >= 0.3 is 0 Å². The van der Waals surface area contributed by atoms with Gasteiger partial charge in [-0.05, 0) is 56.8 Å². The summed E-state index contributed by atoms with van der Waals surface area (Å²) in [5.74, 6) is 0.776. The minimum atomic E-state index is -0.101. The number of hydrogen-bond donors (Lipinski definition) is 1. The van der Waals surface area contributed by atoms with Crippen LogP contribution >= 0.6 is 11.6 Å². The van der Waals surface area contributed by atoms with E-state index in [1.54, 1.807) is 0 Å². The molecule has 0 aromatic heterocycles. The van der Waals surface area contributed by atoms with Crippen LogP contribution in [0.4, 0.5) is 0 Å². The van der Waals surface area contributed by atoms with Crippen LogP contribution in [0.3, 0.4) is 0 Å².